The van der Waals surface area contributed by atoms with Gasteiger partial charge in [-0.2, -0.15) is 0 Å². The van der Waals surface area contributed by atoms with Crippen LogP contribution in [0.2, 0.25) is 0 Å². The van der Waals surface area contributed by atoms with E-state index in [9.17, 15) is 16.8 Å². The van der Waals surface area contributed by atoms with Gasteiger partial charge >= 0.3 is 0 Å². The summed E-state index contributed by atoms with van der Waals surface area (Å²) in [4.78, 5) is 0.00562. The molecule has 9 heteroatoms. The van der Waals surface area contributed by atoms with Crippen molar-refractivity contribution in [2.24, 2.45) is 0 Å². The minimum absolute atomic E-state index is 0.0891. The third-order valence-corrected chi connectivity index (χ3v) is 7.37. The fraction of sp³-hybridized carbons (Fsp3) is 0.182. The molecule has 164 valence electrons. The molecule has 0 aliphatic carbocycles. The maximum Gasteiger partial charge on any atom is 0.262 e. The van der Waals surface area contributed by atoms with Crippen molar-refractivity contribution in [3.8, 4) is 5.75 Å². The van der Waals surface area contributed by atoms with Crippen LogP contribution in [0.3, 0.4) is 0 Å². The van der Waals surface area contributed by atoms with E-state index in [1.807, 2.05) is 13.8 Å². The summed E-state index contributed by atoms with van der Waals surface area (Å²) in [6.07, 6.45) is 0. The van der Waals surface area contributed by atoms with Crippen molar-refractivity contribution < 1.29 is 21.6 Å². The number of para-hydroxylation sites is 2. The molecule has 0 amide bonds. The first kappa shape index (κ1) is 22.6. The molecule has 0 radical (unpaired) electrons. The number of anilines is 2. The molecule has 31 heavy (non-hydrogen) atoms. The van der Waals surface area contributed by atoms with Crippen LogP contribution in [-0.4, -0.2) is 23.9 Å². The van der Waals surface area contributed by atoms with Crippen LogP contribution in [0.5, 0.6) is 5.75 Å². The Hall–Kier alpha value is -3.04. The number of methoxy groups -OCH3 is 1. The average molecular weight is 461 g/mol. The second kappa shape index (κ2) is 8.99. The van der Waals surface area contributed by atoms with Gasteiger partial charge in [0.05, 0.1) is 28.3 Å². The number of ether oxygens (including phenoxy) is 1. The molecule has 3 aromatic rings. The van der Waals surface area contributed by atoms with Crippen LogP contribution in [0.1, 0.15) is 25.3 Å². The Bertz CT molecular complexity index is 1270. The predicted octanol–water partition coefficient (Wildman–Crippen LogP) is 4.42. The molecule has 0 spiro atoms. The standard InChI is InChI=1S/C22H24N2O5S2/c1-16(2)17-11-13-19(14-12-17)30(25,26)23-18-7-6-8-20(15-18)31(27,28)24-21-9-4-5-10-22(21)29-3/h4-16,23-24H,1-3H3. The molecule has 0 aromatic heterocycles. The lowest BCUT2D eigenvalue weighted by Crippen LogP contribution is -2.16. The van der Waals surface area contributed by atoms with Gasteiger partial charge in [0.15, 0.2) is 0 Å². The van der Waals surface area contributed by atoms with Gasteiger partial charge in [0.2, 0.25) is 0 Å². The monoisotopic (exact) mass is 460 g/mol. The summed E-state index contributed by atoms with van der Waals surface area (Å²) in [6, 6.07) is 18.8. The van der Waals surface area contributed by atoms with Crippen LogP contribution in [0.15, 0.2) is 82.6 Å². The number of benzene rings is 3. The number of sulfonamides is 2. The lowest BCUT2D eigenvalue weighted by molar-refractivity contribution is 0.417. The van der Waals surface area contributed by atoms with E-state index in [0.717, 1.165) is 5.56 Å². The van der Waals surface area contributed by atoms with Crippen LogP contribution in [0, 0.1) is 0 Å². The van der Waals surface area contributed by atoms with Crippen LogP contribution < -0.4 is 14.2 Å². The number of nitrogens with one attached hydrogen (secondary N) is 2. The molecule has 3 aromatic carbocycles. The molecule has 0 aliphatic heterocycles. The maximum absolute atomic E-state index is 12.8. The van der Waals surface area contributed by atoms with Crippen molar-refractivity contribution in [1.29, 1.82) is 0 Å². The molecule has 0 saturated heterocycles. The average Bonchev–Trinajstić information content (AvgIpc) is 2.74. The predicted molar refractivity (Wildman–Crippen MR) is 122 cm³/mol. The highest BCUT2D eigenvalue weighted by molar-refractivity contribution is 7.93. The molecule has 0 saturated carbocycles. The van der Waals surface area contributed by atoms with E-state index >= 15 is 0 Å². The summed E-state index contributed by atoms with van der Waals surface area (Å²) < 4.78 is 61.2. The van der Waals surface area contributed by atoms with Gasteiger partial charge in [-0.05, 0) is 53.9 Å². The quantitative estimate of drug-likeness (QED) is 0.518. The van der Waals surface area contributed by atoms with Crippen LogP contribution in [-0.2, 0) is 20.0 Å². The van der Waals surface area contributed by atoms with E-state index in [0.29, 0.717) is 5.75 Å². The van der Waals surface area contributed by atoms with E-state index in [-0.39, 0.29) is 27.1 Å². The summed E-state index contributed by atoms with van der Waals surface area (Å²) in [5, 5.41) is 0. The van der Waals surface area contributed by atoms with Crippen molar-refractivity contribution in [1.82, 2.24) is 0 Å². The zero-order valence-electron chi connectivity index (χ0n) is 17.4. The largest absolute Gasteiger partial charge is 0.495 e. The Morgan fingerprint density at radius 3 is 2.03 bits per heavy atom. The SMILES string of the molecule is COc1ccccc1NS(=O)(=O)c1cccc(NS(=O)(=O)c2ccc(C(C)C)cc2)c1. The van der Waals surface area contributed by atoms with Crippen LogP contribution in [0.25, 0.3) is 0 Å². The molecule has 0 atom stereocenters. The molecular weight excluding hydrogens is 436 g/mol. The van der Waals surface area contributed by atoms with Gasteiger partial charge < -0.3 is 4.74 Å². The summed E-state index contributed by atoms with van der Waals surface area (Å²) >= 11 is 0. The summed E-state index contributed by atoms with van der Waals surface area (Å²) in [5.41, 5.74) is 1.44. The van der Waals surface area contributed by atoms with E-state index in [1.54, 1.807) is 36.4 Å². The summed E-state index contributed by atoms with van der Waals surface area (Å²) in [7, 11) is -6.40. The third-order valence-electron chi connectivity index (χ3n) is 4.60. The zero-order valence-corrected chi connectivity index (χ0v) is 19.0. The van der Waals surface area contributed by atoms with Gasteiger partial charge in [0.25, 0.3) is 20.0 Å². The Morgan fingerprint density at radius 2 is 1.39 bits per heavy atom. The molecule has 7 nitrogen and oxygen atoms in total. The Morgan fingerprint density at radius 1 is 0.742 bits per heavy atom. The first-order valence-corrected chi connectivity index (χ1v) is 12.5. The minimum Gasteiger partial charge on any atom is -0.495 e. The van der Waals surface area contributed by atoms with Gasteiger partial charge in [-0.3, -0.25) is 9.44 Å². The number of hydrogen-bond acceptors (Lipinski definition) is 5. The molecule has 0 aliphatic rings. The first-order valence-electron chi connectivity index (χ1n) is 9.51. The molecule has 0 unspecified atom stereocenters. The van der Waals surface area contributed by atoms with E-state index in [4.69, 9.17) is 4.74 Å². The van der Waals surface area contributed by atoms with Gasteiger partial charge in [-0.15, -0.1) is 0 Å². The molecule has 0 bridgehead atoms. The highest BCUT2D eigenvalue weighted by Crippen LogP contribution is 2.27. The molecule has 2 N–H and O–H groups in total. The molecule has 0 fully saturated rings. The van der Waals surface area contributed by atoms with Gasteiger partial charge in [0, 0.05) is 0 Å². The highest BCUT2D eigenvalue weighted by Gasteiger charge is 2.19. The topological polar surface area (TPSA) is 102 Å². The summed E-state index contributed by atoms with van der Waals surface area (Å²) in [6.45, 7) is 4.04. The molecule has 3 rings (SSSR count). The number of rotatable bonds is 8. The van der Waals surface area contributed by atoms with Crippen molar-refractivity contribution in [2.45, 2.75) is 29.6 Å². The smallest absolute Gasteiger partial charge is 0.262 e. The van der Waals surface area contributed by atoms with Crippen molar-refractivity contribution in [2.75, 3.05) is 16.6 Å². The highest BCUT2D eigenvalue weighted by atomic mass is 32.2. The third kappa shape index (κ3) is 5.36. The maximum atomic E-state index is 12.8. The van der Waals surface area contributed by atoms with Gasteiger partial charge in [0.1, 0.15) is 5.75 Å². The second-order valence-corrected chi connectivity index (χ2v) is 10.5. The minimum atomic E-state index is -3.97. The lowest BCUT2D eigenvalue weighted by Gasteiger charge is -2.13. The zero-order chi connectivity index (χ0) is 22.6. The van der Waals surface area contributed by atoms with E-state index < -0.39 is 20.0 Å². The van der Waals surface area contributed by atoms with Gasteiger partial charge in [-0.25, -0.2) is 16.8 Å². The van der Waals surface area contributed by atoms with Crippen molar-refractivity contribution in [3.05, 3.63) is 78.4 Å². The van der Waals surface area contributed by atoms with Crippen molar-refractivity contribution >= 4 is 31.4 Å². The Kier molecular flexibility index (Phi) is 6.56. The Labute approximate surface area is 183 Å². The Balaban J connectivity index is 1.85. The summed E-state index contributed by atoms with van der Waals surface area (Å²) in [5.74, 6) is 0.648. The van der Waals surface area contributed by atoms with Crippen LogP contribution >= 0.6 is 0 Å². The van der Waals surface area contributed by atoms with Crippen molar-refractivity contribution in [3.63, 3.8) is 0 Å². The van der Waals surface area contributed by atoms with Gasteiger partial charge in [-0.1, -0.05) is 44.2 Å². The van der Waals surface area contributed by atoms with Crippen LogP contribution in [0.4, 0.5) is 11.4 Å². The second-order valence-electron chi connectivity index (χ2n) is 7.16. The van der Waals surface area contributed by atoms with E-state index in [2.05, 4.69) is 9.44 Å². The molecular formula is C22H24N2O5S2. The number of hydrogen-bond donors (Lipinski definition) is 2. The lowest BCUT2D eigenvalue weighted by atomic mass is 10.0. The first-order chi connectivity index (χ1) is 14.6. The fourth-order valence-corrected chi connectivity index (χ4v) is 5.07. The normalized spacial score (nSPS) is 11.9. The molecule has 0 heterocycles. The van der Waals surface area contributed by atoms with E-state index in [1.165, 1.54) is 43.5 Å². The fourth-order valence-electron chi connectivity index (χ4n) is 2.91.